The lowest BCUT2D eigenvalue weighted by molar-refractivity contribution is 0.521. The van der Waals surface area contributed by atoms with Crippen molar-refractivity contribution in [1.29, 1.82) is 0 Å². The Morgan fingerprint density at radius 2 is 1.00 bits per heavy atom. The van der Waals surface area contributed by atoms with Crippen molar-refractivity contribution in [3.63, 3.8) is 0 Å². The Labute approximate surface area is 155 Å². The maximum atomic E-state index is 11.6. The van der Waals surface area contributed by atoms with Crippen molar-refractivity contribution in [2.24, 2.45) is 20.0 Å². The summed E-state index contributed by atoms with van der Waals surface area (Å²) in [5.74, 6) is 0. The summed E-state index contributed by atoms with van der Waals surface area (Å²) in [7, 11) is -2.77. The highest BCUT2D eigenvalue weighted by Crippen LogP contribution is 2.31. The topological polar surface area (TPSA) is 83.6 Å². The molecule has 0 N–H and O–H groups in total. The molecule has 0 amide bonds. The van der Waals surface area contributed by atoms with Crippen molar-refractivity contribution >= 4 is 30.5 Å². The monoisotopic (exact) mass is 370 g/mol. The Balaban J connectivity index is 1.68. The van der Waals surface area contributed by atoms with E-state index in [9.17, 15) is 9.13 Å². The van der Waals surface area contributed by atoms with Gasteiger partial charge in [0.05, 0.1) is 45.6 Å². The molecule has 0 aromatic heterocycles. The minimum atomic E-state index is -2.77. The van der Waals surface area contributed by atoms with Gasteiger partial charge in [-0.25, -0.2) is 29.1 Å². The van der Waals surface area contributed by atoms with Crippen molar-refractivity contribution in [2.75, 3.05) is 0 Å². The average Bonchev–Trinajstić information content (AvgIpc) is 3.38. The van der Waals surface area contributed by atoms with E-state index in [0.717, 1.165) is 22.8 Å². The van der Waals surface area contributed by atoms with Crippen molar-refractivity contribution in [1.82, 2.24) is 0 Å². The smallest absolute Gasteiger partial charge is 0.249 e. The van der Waals surface area contributed by atoms with Gasteiger partial charge in [-0.3, -0.25) is 0 Å². The van der Waals surface area contributed by atoms with Crippen molar-refractivity contribution < 1.29 is 9.13 Å². The summed E-state index contributed by atoms with van der Waals surface area (Å²) >= 11 is 0. The summed E-state index contributed by atoms with van der Waals surface area (Å²) in [6.45, 7) is 0. The van der Waals surface area contributed by atoms with E-state index >= 15 is 0 Å². The summed E-state index contributed by atoms with van der Waals surface area (Å²) in [6, 6.07) is 0. The third kappa shape index (κ3) is 3.07. The maximum Gasteiger partial charge on any atom is 0.351 e. The van der Waals surface area contributed by atoms with Crippen molar-refractivity contribution in [3.8, 4) is 0 Å². The van der Waals surface area contributed by atoms with Crippen LogP contribution in [-0.2, 0) is 9.13 Å². The molecule has 5 aliphatic rings. The second kappa shape index (κ2) is 6.04. The summed E-state index contributed by atoms with van der Waals surface area (Å²) in [6.07, 6.45) is 20.0. The van der Waals surface area contributed by atoms with E-state index in [0.29, 0.717) is 22.8 Å². The molecule has 6 nitrogen and oxygen atoms in total. The quantitative estimate of drug-likeness (QED) is 0.652. The summed E-state index contributed by atoms with van der Waals surface area (Å²) in [5, 5.41) is 0.175. The highest BCUT2D eigenvalue weighted by molar-refractivity contribution is 7.38. The van der Waals surface area contributed by atoms with Crippen LogP contribution in [0.3, 0.4) is 0 Å². The molecule has 0 aromatic carbocycles. The second-order valence-corrected chi connectivity index (χ2v) is 7.17. The predicted octanol–water partition coefficient (Wildman–Crippen LogP) is 4.08. The van der Waals surface area contributed by atoms with E-state index in [-0.39, 0.29) is 5.31 Å². The van der Waals surface area contributed by atoms with Gasteiger partial charge in [-0.2, -0.15) is 0 Å². The molecule has 5 aliphatic heterocycles. The van der Waals surface area contributed by atoms with Gasteiger partial charge < -0.3 is 0 Å². The third-order valence-corrected chi connectivity index (χ3v) is 4.97. The molecule has 0 aliphatic carbocycles. The summed E-state index contributed by atoms with van der Waals surface area (Å²) < 4.78 is 23.2. The molecule has 7 heteroatoms. The first-order valence-corrected chi connectivity index (χ1v) is 9.42. The zero-order valence-electron chi connectivity index (χ0n) is 13.9. The van der Waals surface area contributed by atoms with Crippen LogP contribution in [0.15, 0.2) is 115 Å². The summed E-state index contributed by atoms with van der Waals surface area (Å²) in [5.41, 5.74) is 5.41. The number of hydrogen-bond donors (Lipinski definition) is 0. The molecule has 0 atom stereocenters. The fourth-order valence-corrected chi connectivity index (χ4v) is 3.57. The fourth-order valence-electron chi connectivity index (χ4n) is 3.03. The van der Waals surface area contributed by atoms with Crippen LogP contribution in [0.2, 0.25) is 0 Å². The molecule has 0 unspecified atom stereocenters. The van der Waals surface area contributed by atoms with Gasteiger partial charge in [-0.15, -0.1) is 0 Å². The van der Waals surface area contributed by atoms with Crippen LogP contribution in [-0.4, -0.2) is 22.8 Å². The minimum absolute atomic E-state index is 0.175. The van der Waals surface area contributed by atoms with Gasteiger partial charge in [0, 0.05) is 0 Å². The van der Waals surface area contributed by atoms with E-state index in [4.69, 9.17) is 0 Å². The largest absolute Gasteiger partial charge is 0.351 e. The van der Waals surface area contributed by atoms with E-state index in [1.165, 1.54) is 0 Å². The lowest BCUT2D eigenvalue weighted by atomic mass is 10.2. The first-order valence-electron chi connectivity index (χ1n) is 8.25. The lowest BCUT2D eigenvalue weighted by Gasteiger charge is -1.94. The second-order valence-electron chi connectivity index (χ2n) is 6.17. The predicted molar refractivity (Wildman–Crippen MR) is 106 cm³/mol. The van der Waals surface area contributed by atoms with Crippen molar-refractivity contribution in [2.45, 2.75) is 0 Å². The van der Waals surface area contributed by atoms with Crippen LogP contribution < -0.4 is 0 Å². The molecular formula is C20H11N4O2P. The first kappa shape index (κ1) is 15.7. The Bertz CT molecular complexity index is 1230. The van der Waals surface area contributed by atoms with Crippen LogP contribution in [0.4, 0.5) is 0 Å². The highest BCUT2D eigenvalue weighted by Gasteiger charge is 2.20. The van der Waals surface area contributed by atoms with Crippen molar-refractivity contribution in [3.05, 3.63) is 94.9 Å². The standard InChI is InChI=1S/C20H11N4O2P/c25-27(26)20-11-18-9-16-4-3-14(22-16)7-12-1-2-13(21-12)8-15-5-6-17(23-15)10-19(20)24-18/h1-11H. The molecule has 0 radical (unpaired) electrons. The van der Waals surface area contributed by atoms with Gasteiger partial charge in [-0.05, 0) is 66.8 Å². The van der Waals surface area contributed by atoms with Gasteiger partial charge in [0.2, 0.25) is 0 Å². The number of aliphatic imine (C=N–C) groups is 4. The maximum absolute atomic E-state index is 11.6. The SMILES string of the molecule is O=P(=O)C1=CC2=CC3=NC(=CC4=NC(=CC5=NC(=CC1=N2)C=C5)C=C4)C=C3. The Morgan fingerprint density at radius 3 is 1.52 bits per heavy atom. The van der Waals surface area contributed by atoms with Crippen LogP contribution in [0.1, 0.15) is 0 Å². The molecule has 5 heterocycles. The lowest BCUT2D eigenvalue weighted by Crippen LogP contribution is -1.91. The van der Waals surface area contributed by atoms with Gasteiger partial charge >= 0.3 is 7.68 Å². The zero-order chi connectivity index (χ0) is 18.4. The Kier molecular flexibility index (Phi) is 3.52. The molecule has 0 saturated carbocycles. The minimum Gasteiger partial charge on any atom is -0.249 e. The van der Waals surface area contributed by atoms with Crippen LogP contribution in [0.5, 0.6) is 0 Å². The molecule has 8 bridgehead atoms. The van der Waals surface area contributed by atoms with Gasteiger partial charge in [0.15, 0.2) is 0 Å². The molecule has 27 heavy (non-hydrogen) atoms. The molecule has 5 rings (SSSR count). The molecule has 0 spiro atoms. The average molecular weight is 370 g/mol. The summed E-state index contributed by atoms with van der Waals surface area (Å²) in [4.78, 5) is 18.0. The number of nitrogens with zero attached hydrogens (tertiary/aromatic N) is 4. The number of allylic oxidation sites excluding steroid dienone is 12. The van der Waals surface area contributed by atoms with E-state index in [1.807, 2.05) is 48.6 Å². The first-order chi connectivity index (χ1) is 13.1. The molecule has 128 valence electrons. The third-order valence-electron chi connectivity index (χ3n) is 4.21. The van der Waals surface area contributed by atoms with Crippen LogP contribution in [0.25, 0.3) is 0 Å². The molecule has 0 fully saturated rings. The van der Waals surface area contributed by atoms with E-state index in [1.54, 1.807) is 18.2 Å². The fraction of sp³-hybridized carbons (Fsp3) is 0. The Morgan fingerprint density at radius 1 is 0.519 bits per heavy atom. The van der Waals surface area contributed by atoms with Gasteiger partial charge in [0.1, 0.15) is 5.31 Å². The number of rotatable bonds is 1. The molecule has 0 saturated heterocycles. The van der Waals surface area contributed by atoms with Crippen LogP contribution >= 0.6 is 7.68 Å². The highest BCUT2D eigenvalue weighted by atomic mass is 31.1. The van der Waals surface area contributed by atoms with Gasteiger partial charge in [0.25, 0.3) is 0 Å². The van der Waals surface area contributed by atoms with E-state index < -0.39 is 7.68 Å². The number of fused-ring (bicyclic) bond motifs is 4. The van der Waals surface area contributed by atoms with Crippen LogP contribution in [0, 0.1) is 0 Å². The number of hydrogen-bond acceptors (Lipinski definition) is 6. The molecular weight excluding hydrogens is 359 g/mol. The zero-order valence-corrected chi connectivity index (χ0v) is 14.8. The molecule has 0 aromatic rings. The normalized spacial score (nSPS) is 21.7. The van der Waals surface area contributed by atoms with Gasteiger partial charge in [-0.1, -0.05) is 0 Å². The Hall–Kier alpha value is -3.50. The van der Waals surface area contributed by atoms with E-state index in [2.05, 4.69) is 20.0 Å².